The fourth-order valence-corrected chi connectivity index (χ4v) is 1.73. The molecule has 0 aliphatic rings. The standard InChI is InChI=1S/C13H19NO4/c1-9(2)14(7-4-8-15)13(18)12-10(16)5-3-6-11(12)17/h3,5-6,9,15-17H,4,7-8H2,1-2H3. The number of aromatic hydroxyl groups is 2. The molecule has 1 amide bonds. The molecule has 5 nitrogen and oxygen atoms in total. The van der Waals surface area contributed by atoms with Crippen LogP contribution in [0, 0.1) is 0 Å². The Morgan fingerprint density at radius 3 is 2.28 bits per heavy atom. The Bertz CT molecular complexity index is 397. The second-order valence-electron chi connectivity index (χ2n) is 4.34. The van der Waals surface area contributed by atoms with Crippen LogP contribution in [-0.2, 0) is 0 Å². The normalized spacial score (nSPS) is 10.7. The van der Waals surface area contributed by atoms with Gasteiger partial charge in [0.15, 0.2) is 0 Å². The molecule has 0 saturated heterocycles. The van der Waals surface area contributed by atoms with Gasteiger partial charge in [-0.15, -0.1) is 0 Å². The Morgan fingerprint density at radius 1 is 1.28 bits per heavy atom. The number of aliphatic hydroxyl groups excluding tert-OH is 1. The Kier molecular flexibility index (Phi) is 4.97. The number of aliphatic hydroxyl groups is 1. The van der Waals surface area contributed by atoms with Crippen LogP contribution < -0.4 is 0 Å². The summed E-state index contributed by atoms with van der Waals surface area (Å²) >= 11 is 0. The van der Waals surface area contributed by atoms with Crippen molar-refractivity contribution in [1.29, 1.82) is 0 Å². The van der Waals surface area contributed by atoms with Gasteiger partial charge in [0.25, 0.3) is 5.91 Å². The quantitative estimate of drug-likeness (QED) is 0.739. The van der Waals surface area contributed by atoms with Gasteiger partial charge in [-0.3, -0.25) is 4.79 Å². The third-order valence-electron chi connectivity index (χ3n) is 2.68. The van der Waals surface area contributed by atoms with Crippen molar-refractivity contribution in [3.05, 3.63) is 23.8 Å². The zero-order chi connectivity index (χ0) is 13.7. The van der Waals surface area contributed by atoms with Crippen LogP contribution >= 0.6 is 0 Å². The van der Waals surface area contributed by atoms with Crippen LogP contribution in [-0.4, -0.2) is 45.3 Å². The molecular formula is C13H19NO4. The largest absolute Gasteiger partial charge is 0.507 e. The van der Waals surface area contributed by atoms with Crippen molar-refractivity contribution in [1.82, 2.24) is 4.90 Å². The Morgan fingerprint density at radius 2 is 1.83 bits per heavy atom. The summed E-state index contributed by atoms with van der Waals surface area (Å²) in [5.41, 5.74) is -0.0934. The number of amides is 1. The number of rotatable bonds is 5. The topological polar surface area (TPSA) is 81.0 Å². The maximum absolute atomic E-state index is 12.3. The number of hydrogen-bond donors (Lipinski definition) is 3. The number of phenolic OH excluding ortho intramolecular Hbond substituents is 2. The molecule has 1 aromatic rings. The summed E-state index contributed by atoms with van der Waals surface area (Å²) in [7, 11) is 0. The summed E-state index contributed by atoms with van der Waals surface area (Å²) in [6.45, 7) is 4.04. The van der Waals surface area contributed by atoms with E-state index in [2.05, 4.69) is 0 Å². The van der Waals surface area contributed by atoms with E-state index in [4.69, 9.17) is 5.11 Å². The molecule has 0 aromatic heterocycles. The monoisotopic (exact) mass is 253 g/mol. The molecule has 0 fully saturated rings. The van der Waals surface area contributed by atoms with Crippen LogP contribution in [0.2, 0.25) is 0 Å². The van der Waals surface area contributed by atoms with Gasteiger partial charge in [0.2, 0.25) is 0 Å². The zero-order valence-electron chi connectivity index (χ0n) is 10.6. The number of hydrogen-bond acceptors (Lipinski definition) is 4. The van der Waals surface area contributed by atoms with Crippen molar-refractivity contribution in [2.24, 2.45) is 0 Å². The van der Waals surface area contributed by atoms with Crippen molar-refractivity contribution in [3.8, 4) is 11.5 Å². The Balaban J connectivity index is 3.02. The van der Waals surface area contributed by atoms with Crippen LogP contribution in [0.15, 0.2) is 18.2 Å². The van der Waals surface area contributed by atoms with Crippen molar-refractivity contribution in [3.63, 3.8) is 0 Å². The van der Waals surface area contributed by atoms with Crippen LogP contribution in [0.3, 0.4) is 0 Å². The highest BCUT2D eigenvalue weighted by atomic mass is 16.3. The van der Waals surface area contributed by atoms with Gasteiger partial charge in [-0.1, -0.05) is 6.07 Å². The first-order valence-electron chi connectivity index (χ1n) is 5.91. The lowest BCUT2D eigenvalue weighted by Gasteiger charge is -2.27. The highest BCUT2D eigenvalue weighted by molar-refractivity contribution is 5.99. The van der Waals surface area contributed by atoms with E-state index < -0.39 is 5.91 Å². The highest BCUT2D eigenvalue weighted by Crippen LogP contribution is 2.28. The molecular weight excluding hydrogens is 234 g/mol. The van der Waals surface area contributed by atoms with E-state index in [9.17, 15) is 15.0 Å². The average Bonchev–Trinajstić information content (AvgIpc) is 2.28. The second-order valence-corrected chi connectivity index (χ2v) is 4.34. The molecule has 1 rings (SSSR count). The zero-order valence-corrected chi connectivity index (χ0v) is 10.6. The molecule has 100 valence electrons. The predicted octanol–water partition coefficient (Wildman–Crippen LogP) is 1.33. The molecule has 0 heterocycles. The van der Waals surface area contributed by atoms with E-state index in [1.54, 1.807) is 0 Å². The first-order valence-corrected chi connectivity index (χ1v) is 5.91. The molecule has 0 aliphatic heterocycles. The van der Waals surface area contributed by atoms with Gasteiger partial charge < -0.3 is 20.2 Å². The molecule has 1 aromatic carbocycles. The SMILES string of the molecule is CC(C)N(CCCO)C(=O)c1c(O)cccc1O. The van der Waals surface area contributed by atoms with E-state index in [0.29, 0.717) is 13.0 Å². The van der Waals surface area contributed by atoms with Gasteiger partial charge >= 0.3 is 0 Å². The van der Waals surface area contributed by atoms with Crippen LogP contribution in [0.25, 0.3) is 0 Å². The van der Waals surface area contributed by atoms with Gasteiger partial charge in [0, 0.05) is 19.2 Å². The molecule has 0 atom stereocenters. The molecule has 5 heteroatoms. The van der Waals surface area contributed by atoms with Gasteiger partial charge in [-0.2, -0.15) is 0 Å². The maximum Gasteiger partial charge on any atom is 0.261 e. The highest BCUT2D eigenvalue weighted by Gasteiger charge is 2.23. The minimum atomic E-state index is -0.436. The first-order chi connectivity index (χ1) is 8.49. The molecule has 0 spiro atoms. The predicted molar refractivity (Wildman–Crippen MR) is 67.6 cm³/mol. The molecule has 3 N–H and O–H groups in total. The van der Waals surface area contributed by atoms with E-state index in [-0.39, 0.29) is 29.7 Å². The average molecular weight is 253 g/mol. The first kappa shape index (κ1) is 14.3. The smallest absolute Gasteiger partial charge is 0.261 e. The van der Waals surface area contributed by atoms with Crippen LogP contribution in [0.5, 0.6) is 11.5 Å². The van der Waals surface area contributed by atoms with Crippen molar-refractivity contribution in [2.45, 2.75) is 26.3 Å². The van der Waals surface area contributed by atoms with E-state index in [0.717, 1.165) is 0 Å². The Hall–Kier alpha value is -1.75. The van der Waals surface area contributed by atoms with E-state index in [1.165, 1.54) is 23.1 Å². The number of carbonyl (C=O) groups is 1. The second kappa shape index (κ2) is 6.26. The van der Waals surface area contributed by atoms with Gasteiger partial charge in [0.1, 0.15) is 17.1 Å². The fraction of sp³-hybridized carbons (Fsp3) is 0.462. The van der Waals surface area contributed by atoms with Gasteiger partial charge in [-0.25, -0.2) is 0 Å². The van der Waals surface area contributed by atoms with E-state index >= 15 is 0 Å². The van der Waals surface area contributed by atoms with Crippen LogP contribution in [0.4, 0.5) is 0 Å². The summed E-state index contributed by atoms with van der Waals surface area (Å²) in [5, 5.41) is 28.1. The van der Waals surface area contributed by atoms with Crippen molar-refractivity contribution < 1.29 is 20.1 Å². The summed E-state index contributed by atoms with van der Waals surface area (Å²) < 4.78 is 0. The van der Waals surface area contributed by atoms with Gasteiger partial charge in [-0.05, 0) is 32.4 Å². The minimum Gasteiger partial charge on any atom is -0.507 e. The molecule has 18 heavy (non-hydrogen) atoms. The lowest BCUT2D eigenvalue weighted by atomic mass is 10.1. The molecule has 0 radical (unpaired) electrons. The van der Waals surface area contributed by atoms with Crippen molar-refractivity contribution >= 4 is 5.91 Å². The van der Waals surface area contributed by atoms with E-state index in [1.807, 2.05) is 13.8 Å². The van der Waals surface area contributed by atoms with Crippen molar-refractivity contribution in [2.75, 3.05) is 13.2 Å². The molecule has 0 bridgehead atoms. The Labute approximate surface area is 106 Å². The number of carbonyl (C=O) groups excluding carboxylic acids is 1. The van der Waals surface area contributed by atoms with Crippen LogP contribution in [0.1, 0.15) is 30.6 Å². The lowest BCUT2D eigenvalue weighted by Crippen LogP contribution is -2.38. The number of phenols is 2. The molecule has 0 unspecified atom stereocenters. The maximum atomic E-state index is 12.3. The number of benzene rings is 1. The summed E-state index contributed by atoms with van der Waals surface area (Å²) in [6.07, 6.45) is 0.457. The molecule has 0 aliphatic carbocycles. The summed E-state index contributed by atoms with van der Waals surface area (Å²) in [5.74, 6) is -0.918. The lowest BCUT2D eigenvalue weighted by molar-refractivity contribution is 0.0687. The van der Waals surface area contributed by atoms with Gasteiger partial charge in [0.05, 0.1) is 0 Å². The third-order valence-corrected chi connectivity index (χ3v) is 2.68. The molecule has 0 saturated carbocycles. The summed E-state index contributed by atoms with van der Waals surface area (Å²) in [4.78, 5) is 13.8. The minimum absolute atomic E-state index is 0.0107. The summed E-state index contributed by atoms with van der Waals surface area (Å²) in [6, 6.07) is 4.10. The fourth-order valence-electron chi connectivity index (χ4n) is 1.73. The number of nitrogens with zero attached hydrogens (tertiary/aromatic N) is 1. The third kappa shape index (κ3) is 3.13.